The summed E-state index contributed by atoms with van der Waals surface area (Å²) < 4.78 is 5.27. The minimum atomic E-state index is -0.169. The number of nitrogens with one attached hydrogen (secondary N) is 1. The second kappa shape index (κ2) is 9.23. The van der Waals surface area contributed by atoms with E-state index in [1.54, 1.807) is 15.6 Å². The zero-order valence-electron chi connectivity index (χ0n) is 20.1. The summed E-state index contributed by atoms with van der Waals surface area (Å²) in [6, 6.07) is 19.8. The lowest BCUT2D eigenvalue weighted by atomic mass is 10.1. The zero-order valence-corrected chi connectivity index (χ0v) is 20.9. The van der Waals surface area contributed by atoms with Crippen molar-refractivity contribution in [3.63, 3.8) is 0 Å². The van der Waals surface area contributed by atoms with Gasteiger partial charge in [-0.05, 0) is 62.2 Å². The highest BCUT2D eigenvalue weighted by atomic mass is 32.1. The van der Waals surface area contributed by atoms with Crippen molar-refractivity contribution in [2.45, 2.75) is 20.8 Å². The van der Waals surface area contributed by atoms with Gasteiger partial charge < -0.3 is 4.98 Å². The molecule has 0 unspecified atom stereocenters. The van der Waals surface area contributed by atoms with Crippen LogP contribution in [0, 0.1) is 20.8 Å². The van der Waals surface area contributed by atoms with Crippen LogP contribution in [0.1, 0.15) is 22.5 Å². The summed E-state index contributed by atoms with van der Waals surface area (Å²) in [6.45, 7) is 6.10. The van der Waals surface area contributed by atoms with Crippen molar-refractivity contribution in [2.75, 3.05) is 0 Å². The maximum Gasteiger partial charge on any atom is 0.297 e. The number of H-pyrrole nitrogens is 1. The summed E-state index contributed by atoms with van der Waals surface area (Å²) in [7, 11) is 1.87. The first kappa shape index (κ1) is 22.6. The summed E-state index contributed by atoms with van der Waals surface area (Å²) in [5.41, 5.74) is 7.07. The Hall–Kier alpha value is -4.17. The van der Waals surface area contributed by atoms with Gasteiger partial charge >= 0.3 is 0 Å². The molecule has 5 aromatic rings. The summed E-state index contributed by atoms with van der Waals surface area (Å²) in [4.78, 5) is 22.0. The average Bonchev–Trinajstić information content (AvgIpc) is 3.57. The third-order valence-corrected chi connectivity index (χ3v) is 6.97. The topological polar surface area (TPSA) is 72.4 Å². The van der Waals surface area contributed by atoms with Gasteiger partial charge in [0, 0.05) is 24.2 Å². The van der Waals surface area contributed by atoms with E-state index in [-0.39, 0.29) is 5.56 Å². The molecule has 0 spiro atoms. The van der Waals surface area contributed by atoms with Crippen LogP contribution in [0.2, 0.25) is 0 Å². The fourth-order valence-electron chi connectivity index (χ4n) is 3.91. The largest absolute Gasteiger partial charge is 0.360 e. The number of aryl methyl sites for hydroxylation is 2. The Kier molecular flexibility index (Phi) is 5.96. The first-order valence-corrected chi connectivity index (χ1v) is 12.2. The Bertz CT molecular complexity index is 1650. The molecular weight excluding hydrogens is 456 g/mol. The van der Waals surface area contributed by atoms with Crippen LogP contribution in [-0.2, 0) is 7.05 Å². The Labute approximate surface area is 207 Å². The molecule has 5 rings (SSSR count). The quantitative estimate of drug-likeness (QED) is 0.349. The molecule has 0 amide bonds. The zero-order chi connectivity index (χ0) is 24.5. The van der Waals surface area contributed by atoms with Gasteiger partial charge in [0.1, 0.15) is 0 Å². The number of hydrogen-bond acceptors (Lipinski definition) is 4. The minimum Gasteiger partial charge on any atom is -0.360 e. The summed E-state index contributed by atoms with van der Waals surface area (Å²) in [5.74, 6) is 0. The smallest absolute Gasteiger partial charge is 0.297 e. The maximum atomic E-state index is 13.4. The Morgan fingerprint density at radius 3 is 2.49 bits per heavy atom. The van der Waals surface area contributed by atoms with Gasteiger partial charge in [-0.3, -0.25) is 9.48 Å². The van der Waals surface area contributed by atoms with Gasteiger partial charge in [-0.25, -0.2) is 14.4 Å². The van der Waals surface area contributed by atoms with E-state index in [0.29, 0.717) is 10.5 Å². The molecule has 7 nitrogen and oxygen atoms in total. The van der Waals surface area contributed by atoms with E-state index in [1.165, 1.54) is 22.5 Å². The monoisotopic (exact) mass is 482 g/mol. The second-order valence-corrected chi connectivity index (χ2v) is 9.24. The number of hydrogen-bond donors (Lipinski definition) is 1. The van der Waals surface area contributed by atoms with Gasteiger partial charge in [-0.1, -0.05) is 30.3 Å². The number of thiazole rings is 1. The van der Waals surface area contributed by atoms with Gasteiger partial charge in [0.05, 0.1) is 29.0 Å². The van der Waals surface area contributed by atoms with Crippen molar-refractivity contribution in [1.29, 1.82) is 0 Å². The SMILES string of the molecule is Cc1ccc(-c2csc(=Nc3c(C)n(C)n(-c4ccccc4)c3=O)n2N=Cc2ccc[nH]2)cc1C. The summed E-state index contributed by atoms with van der Waals surface area (Å²) in [6.07, 6.45) is 3.62. The number of aromatic nitrogens is 4. The highest BCUT2D eigenvalue weighted by molar-refractivity contribution is 7.07. The number of para-hydroxylation sites is 1. The maximum absolute atomic E-state index is 13.4. The van der Waals surface area contributed by atoms with Crippen molar-refractivity contribution in [1.82, 2.24) is 19.0 Å². The van der Waals surface area contributed by atoms with Crippen LogP contribution in [0.3, 0.4) is 0 Å². The van der Waals surface area contributed by atoms with Crippen LogP contribution in [0.5, 0.6) is 0 Å². The molecule has 0 aliphatic carbocycles. The molecule has 3 aromatic heterocycles. The number of benzene rings is 2. The van der Waals surface area contributed by atoms with Crippen LogP contribution in [0.4, 0.5) is 5.69 Å². The van der Waals surface area contributed by atoms with Crippen molar-refractivity contribution in [3.05, 3.63) is 110 Å². The molecule has 0 aliphatic rings. The van der Waals surface area contributed by atoms with E-state index in [2.05, 4.69) is 37.0 Å². The molecule has 0 aliphatic heterocycles. The number of aromatic amines is 1. The molecule has 1 N–H and O–H groups in total. The van der Waals surface area contributed by atoms with Crippen LogP contribution >= 0.6 is 11.3 Å². The minimum absolute atomic E-state index is 0.169. The van der Waals surface area contributed by atoms with Crippen molar-refractivity contribution >= 4 is 23.2 Å². The summed E-state index contributed by atoms with van der Waals surface area (Å²) >= 11 is 1.46. The van der Waals surface area contributed by atoms with Gasteiger partial charge in [-0.2, -0.15) is 5.10 Å². The molecular formula is C27H26N6OS. The Balaban J connectivity index is 1.71. The lowest BCUT2D eigenvalue weighted by Crippen LogP contribution is -2.19. The third kappa shape index (κ3) is 4.24. The normalized spacial score (nSPS) is 12.2. The van der Waals surface area contributed by atoms with Crippen molar-refractivity contribution in [2.24, 2.45) is 17.1 Å². The lowest BCUT2D eigenvalue weighted by molar-refractivity contribution is 0.630. The summed E-state index contributed by atoms with van der Waals surface area (Å²) in [5, 5.41) is 6.77. The highest BCUT2D eigenvalue weighted by Crippen LogP contribution is 2.24. The first-order chi connectivity index (χ1) is 16.9. The second-order valence-electron chi connectivity index (χ2n) is 8.41. The molecule has 0 atom stereocenters. The first-order valence-electron chi connectivity index (χ1n) is 11.3. The molecule has 0 saturated carbocycles. The van der Waals surface area contributed by atoms with Crippen LogP contribution in [0.15, 0.2) is 87.1 Å². The lowest BCUT2D eigenvalue weighted by Gasteiger charge is -2.07. The van der Waals surface area contributed by atoms with Gasteiger partial charge in [-0.15, -0.1) is 11.3 Å². The number of nitrogens with zero attached hydrogens (tertiary/aromatic N) is 5. The van der Waals surface area contributed by atoms with Crippen LogP contribution in [0.25, 0.3) is 16.9 Å². The van der Waals surface area contributed by atoms with E-state index >= 15 is 0 Å². The van der Waals surface area contributed by atoms with Crippen molar-refractivity contribution < 1.29 is 0 Å². The van der Waals surface area contributed by atoms with E-state index in [1.807, 2.05) is 72.7 Å². The van der Waals surface area contributed by atoms with E-state index < -0.39 is 0 Å². The Morgan fingerprint density at radius 1 is 0.971 bits per heavy atom. The van der Waals surface area contributed by atoms with Gasteiger partial charge in [0.15, 0.2) is 5.69 Å². The molecule has 8 heteroatoms. The van der Waals surface area contributed by atoms with Gasteiger partial charge in [0.2, 0.25) is 4.80 Å². The highest BCUT2D eigenvalue weighted by Gasteiger charge is 2.17. The van der Waals surface area contributed by atoms with Gasteiger partial charge in [0.25, 0.3) is 5.56 Å². The van der Waals surface area contributed by atoms with Crippen LogP contribution < -0.4 is 10.4 Å². The fourth-order valence-corrected chi connectivity index (χ4v) is 4.75. The predicted octanol–water partition coefficient (Wildman–Crippen LogP) is 5.07. The standard InChI is InChI=1S/C27H26N6OS/c1-18-12-13-21(15-19(18)2)24-17-35-27(32(24)29-16-22-9-8-14-28-22)30-25-20(3)31(4)33(26(25)34)23-10-6-5-7-11-23/h5-17,28H,1-4H3. The molecule has 35 heavy (non-hydrogen) atoms. The molecule has 176 valence electrons. The van der Waals surface area contributed by atoms with E-state index in [9.17, 15) is 4.79 Å². The molecule has 2 aromatic carbocycles. The average molecular weight is 483 g/mol. The molecule has 0 saturated heterocycles. The van der Waals surface area contributed by atoms with Crippen molar-refractivity contribution in [3.8, 4) is 16.9 Å². The van der Waals surface area contributed by atoms with E-state index in [4.69, 9.17) is 10.1 Å². The molecule has 3 heterocycles. The van der Waals surface area contributed by atoms with E-state index in [0.717, 1.165) is 28.3 Å². The predicted molar refractivity (Wildman–Crippen MR) is 142 cm³/mol. The third-order valence-electron chi connectivity index (χ3n) is 6.15. The molecule has 0 bridgehead atoms. The fraction of sp³-hybridized carbons (Fsp3) is 0.148. The molecule has 0 radical (unpaired) electrons. The molecule has 0 fully saturated rings. The van der Waals surface area contributed by atoms with Crippen LogP contribution in [-0.4, -0.2) is 25.2 Å². The Morgan fingerprint density at radius 2 is 1.77 bits per heavy atom. The number of rotatable bonds is 5.